The minimum absolute atomic E-state index is 0.0852. The van der Waals surface area contributed by atoms with Gasteiger partial charge in [-0.25, -0.2) is 0 Å². The van der Waals surface area contributed by atoms with Crippen LogP contribution in [0.25, 0.3) is 0 Å². The van der Waals surface area contributed by atoms with Gasteiger partial charge in [-0.2, -0.15) is 0 Å². The number of hydrogen-bond acceptors (Lipinski definition) is 5. The van der Waals surface area contributed by atoms with Gasteiger partial charge in [0.15, 0.2) is 0 Å². The predicted octanol–water partition coefficient (Wildman–Crippen LogP) is 2.47. The van der Waals surface area contributed by atoms with Gasteiger partial charge in [0.25, 0.3) is 5.91 Å². The Bertz CT molecular complexity index is 1030. The van der Waals surface area contributed by atoms with Crippen molar-refractivity contribution in [1.82, 2.24) is 10.6 Å². The Balaban J connectivity index is 1.60. The van der Waals surface area contributed by atoms with Gasteiger partial charge in [-0.1, -0.05) is 24.3 Å². The van der Waals surface area contributed by atoms with Gasteiger partial charge in [-0.15, -0.1) is 0 Å². The van der Waals surface area contributed by atoms with Crippen LogP contribution in [0.1, 0.15) is 21.7 Å². The molecule has 1 heterocycles. The molecule has 8 nitrogen and oxygen atoms in total. The molecule has 154 valence electrons. The standard InChI is InChI=1S/C22H21N3O5/c1-29-16-7-4-6-15(12-16)13-23-20(26)18-9-2-3-10-19(18)25-22(28)21(27)24-14-17-8-5-11-30-17/h2-12H,13-14H2,1H3,(H,23,26)(H,24,27)(H,25,28). The zero-order valence-corrected chi connectivity index (χ0v) is 16.3. The number of benzene rings is 2. The van der Waals surface area contributed by atoms with Crippen LogP contribution in [-0.2, 0) is 22.7 Å². The molecule has 1 aromatic heterocycles. The SMILES string of the molecule is COc1cccc(CNC(=O)c2ccccc2NC(=O)C(=O)NCc2ccco2)c1. The minimum atomic E-state index is -0.880. The number of carbonyl (C=O) groups excluding carboxylic acids is 3. The highest BCUT2D eigenvalue weighted by Crippen LogP contribution is 2.16. The molecule has 0 unspecified atom stereocenters. The average Bonchev–Trinajstić information content (AvgIpc) is 3.30. The van der Waals surface area contributed by atoms with E-state index in [2.05, 4.69) is 16.0 Å². The smallest absolute Gasteiger partial charge is 0.313 e. The Morgan fingerprint density at radius 1 is 0.900 bits per heavy atom. The summed E-state index contributed by atoms with van der Waals surface area (Å²) in [5.41, 5.74) is 1.34. The van der Waals surface area contributed by atoms with E-state index in [4.69, 9.17) is 9.15 Å². The summed E-state index contributed by atoms with van der Waals surface area (Å²) in [6, 6.07) is 17.1. The summed E-state index contributed by atoms with van der Waals surface area (Å²) in [7, 11) is 1.57. The van der Waals surface area contributed by atoms with Crippen LogP contribution in [0.4, 0.5) is 5.69 Å². The maximum atomic E-state index is 12.6. The number of furan rings is 1. The maximum absolute atomic E-state index is 12.6. The number of nitrogens with one attached hydrogen (secondary N) is 3. The molecule has 3 N–H and O–H groups in total. The van der Waals surface area contributed by atoms with E-state index in [0.717, 1.165) is 5.56 Å². The lowest BCUT2D eigenvalue weighted by Gasteiger charge is -2.12. The fourth-order valence-electron chi connectivity index (χ4n) is 2.69. The van der Waals surface area contributed by atoms with Gasteiger partial charge < -0.3 is 25.1 Å². The van der Waals surface area contributed by atoms with Crippen molar-refractivity contribution >= 4 is 23.4 Å². The molecule has 0 bridgehead atoms. The molecule has 8 heteroatoms. The molecule has 0 aliphatic heterocycles. The first-order chi connectivity index (χ1) is 14.6. The fraction of sp³-hybridized carbons (Fsp3) is 0.136. The Kier molecular flexibility index (Phi) is 6.83. The van der Waals surface area contributed by atoms with Gasteiger partial charge >= 0.3 is 11.8 Å². The van der Waals surface area contributed by atoms with Crippen LogP contribution < -0.4 is 20.7 Å². The highest BCUT2D eigenvalue weighted by Gasteiger charge is 2.18. The van der Waals surface area contributed by atoms with Crippen LogP contribution in [0.2, 0.25) is 0 Å². The molecule has 0 atom stereocenters. The molecule has 3 aromatic rings. The number of ether oxygens (including phenoxy) is 1. The third kappa shape index (κ3) is 5.48. The summed E-state index contributed by atoms with van der Waals surface area (Å²) in [6.07, 6.45) is 1.47. The van der Waals surface area contributed by atoms with Crippen LogP contribution >= 0.6 is 0 Å². The van der Waals surface area contributed by atoms with E-state index in [0.29, 0.717) is 11.5 Å². The van der Waals surface area contributed by atoms with Crippen LogP contribution in [-0.4, -0.2) is 24.8 Å². The van der Waals surface area contributed by atoms with Crippen molar-refractivity contribution in [3.63, 3.8) is 0 Å². The van der Waals surface area contributed by atoms with E-state index in [9.17, 15) is 14.4 Å². The van der Waals surface area contributed by atoms with Crippen molar-refractivity contribution in [2.45, 2.75) is 13.1 Å². The molecule has 3 rings (SSSR count). The lowest BCUT2D eigenvalue weighted by Crippen LogP contribution is -2.35. The quantitative estimate of drug-likeness (QED) is 0.521. The molecule has 0 aliphatic rings. The first kappa shape index (κ1) is 20.7. The highest BCUT2D eigenvalue weighted by molar-refractivity contribution is 6.40. The topological polar surface area (TPSA) is 110 Å². The Morgan fingerprint density at radius 2 is 1.73 bits per heavy atom. The van der Waals surface area contributed by atoms with Gasteiger partial charge in [0, 0.05) is 6.54 Å². The second kappa shape index (κ2) is 9.92. The van der Waals surface area contributed by atoms with Crippen molar-refractivity contribution in [2.75, 3.05) is 12.4 Å². The number of anilines is 1. The Hall–Kier alpha value is -4.07. The Labute approximate surface area is 173 Å². The molecule has 0 spiro atoms. The zero-order valence-electron chi connectivity index (χ0n) is 16.3. The van der Waals surface area contributed by atoms with Gasteiger partial charge in [0.2, 0.25) is 0 Å². The lowest BCUT2D eigenvalue weighted by molar-refractivity contribution is -0.136. The summed E-state index contributed by atoms with van der Waals surface area (Å²) < 4.78 is 10.3. The Morgan fingerprint density at radius 3 is 2.50 bits per heavy atom. The monoisotopic (exact) mass is 407 g/mol. The third-order valence-electron chi connectivity index (χ3n) is 4.22. The number of rotatable bonds is 7. The molecule has 0 saturated heterocycles. The second-order valence-electron chi connectivity index (χ2n) is 6.30. The largest absolute Gasteiger partial charge is 0.497 e. The minimum Gasteiger partial charge on any atom is -0.497 e. The third-order valence-corrected chi connectivity index (χ3v) is 4.22. The molecule has 0 aliphatic carbocycles. The number of amides is 3. The molecule has 2 aromatic carbocycles. The second-order valence-corrected chi connectivity index (χ2v) is 6.30. The number of para-hydroxylation sites is 1. The van der Waals surface area contributed by atoms with Crippen LogP contribution in [0, 0.1) is 0 Å². The first-order valence-electron chi connectivity index (χ1n) is 9.18. The molecule has 30 heavy (non-hydrogen) atoms. The van der Waals surface area contributed by atoms with Crippen LogP contribution in [0.15, 0.2) is 71.3 Å². The first-order valence-corrected chi connectivity index (χ1v) is 9.18. The highest BCUT2D eigenvalue weighted by atomic mass is 16.5. The van der Waals surface area contributed by atoms with E-state index < -0.39 is 11.8 Å². The molecule has 0 saturated carbocycles. The number of carbonyl (C=O) groups is 3. The van der Waals surface area contributed by atoms with Crippen molar-refractivity contribution in [1.29, 1.82) is 0 Å². The lowest BCUT2D eigenvalue weighted by atomic mass is 10.1. The van der Waals surface area contributed by atoms with Crippen molar-refractivity contribution in [2.24, 2.45) is 0 Å². The summed E-state index contributed by atoms with van der Waals surface area (Å²) >= 11 is 0. The van der Waals surface area contributed by atoms with E-state index in [-0.39, 0.29) is 30.2 Å². The van der Waals surface area contributed by atoms with E-state index in [1.54, 1.807) is 43.5 Å². The summed E-state index contributed by atoms with van der Waals surface area (Å²) in [5, 5.41) is 7.72. The van der Waals surface area contributed by atoms with Crippen molar-refractivity contribution in [3.8, 4) is 5.75 Å². The zero-order chi connectivity index (χ0) is 21.3. The fourth-order valence-corrected chi connectivity index (χ4v) is 2.69. The van der Waals surface area contributed by atoms with Gasteiger partial charge in [0.05, 0.1) is 31.2 Å². The van der Waals surface area contributed by atoms with Gasteiger partial charge in [0.1, 0.15) is 11.5 Å². The van der Waals surface area contributed by atoms with Gasteiger partial charge in [-0.05, 0) is 42.0 Å². The molecule has 0 fully saturated rings. The number of hydrogen-bond donors (Lipinski definition) is 3. The van der Waals surface area contributed by atoms with Crippen molar-refractivity contribution < 1.29 is 23.5 Å². The summed E-state index contributed by atoms with van der Waals surface area (Å²) in [4.78, 5) is 36.8. The summed E-state index contributed by atoms with van der Waals surface area (Å²) in [5.74, 6) is -0.888. The van der Waals surface area contributed by atoms with E-state index in [1.165, 1.54) is 6.26 Å². The molecule has 3 amide bonds. The van der Waals surface area contributed by atoms with E-state index >= 15 is 0 Å². The molecule has 0 radical (unpaired) electrons. The van der Waals surface area contributed by atoms with Crippen LogP contribution in [0.5, 0.6) is 5.75 Å². The van der Waals surface area contributed by atoms with Crippen LogP contribution in [0.3, 0.4) is 0 Å². The molecular weight excluding hydrogens is 386 g/mol. The van der Waals surface area contributed by atoms with E-state index in [1.807, 2.05) is 24.3 Å². The average molecular weight is 407 g/mol. The van der Waals surface area contributed by atoms with Crippen molar-refractivity contribution in [3.05, 3.63) is 83.8 Å². The summed E-state index contributed by atoms with van der Waals surface area (Å²) in [6.45, 7) is 0.365. The normalized spacial score (nSPS) is 10.2. The van der Waals surface area contributed by atoms with Gasteiger partial charge in [-0.3, -0.25) is 14.4 Å². The number of methoxy groups -OCH3 is 1. The molecular formula is C22H21N3O5. The maximum Gasteiger partial charge on any atom is 0.313 e. The predicted molar refractivity (Wildman–Crippen MR) is 110 cm³/mol.